The number of methoxy groups -OCH3 is 1. The van der Waals surface area contributed by atoms with E-state index >= 15 is 0 Å². The van der Waals surface area contributed by atoms with Crippen molar-refractivity contribution in [2.75, 3.05) is 7.11 Å². The SMILES string of the molecule is COC1[C@H](OCc2ccccc2F)[C@@]2(C)CC[C@]1(C)O2. The standard InChI is InChI=1S/C16H21FO3/c1-15-8-9-16(2,20-15)14(13(15)18-3)19-10-11-6-4-5-7-12(11)17/h4-7,13-14H,8-10H2,1-3H3/t13?,14-,15-,16+/m0/s1. The summed E-state index contributed by atoms with van der Waals surface area (Å²) in [6.07, 6.45) is 1.66. The highest BCUT2D eigenvalue weighted by atomic mass is 19.1. The molecular weight excluding hydrogens is 259 g/mol. The van der Waals surface area contributed by atoms with Crippen molar-refractivity contribution in [1.82, 2.24) is 0 Å². The quantitative estimate of drug-likeness (QED) is 0.848. The average Bonchev–Trinajstić information content (AvgIpc) is 2.84. The van der Waals surface area contributed by atoms with Gasteiger partial charge in [0.15, 0.2) is 0 Å². The molecule has 2 bridgehead atoms. The molecule has 2 aliphatic rings. The van der Waals surface area contributed by atoms with Crippen molar-refractivity contribution < 1.29 is 18.6 Å². The molecule has 0 N–H and O–H groups in total. The largest absolute Gasteiger partial charge is 0.376 e. The molecule has 1 aromatic carbocycles. The first-order valence-electron chi connectivity index (χ1n) is 7.06. The number of fused-ring (bicyclic) bond motifs is 2. The molecule has 0 radical (unpaired) electrons. The molecule has 2 fully saturated rings. The van der Waals surface area contributed by atoms with Crippen molar-refractivity contribution >= 4 is 0 Å². The molecule has 4 atom stereocenters. The van der Waals surface area contributed by atoms with Crippen LogP contribution in [0.4, 0.5) is 4.39 Å². The lowest BCUT2D eigenvalue weighted by atomic mass is 9.79. The van der Waals surface area contributed by atoms with Gasteiger partial charge in [-0.2, -0.15) is 0 Å². The Morgan fingerprint density at radius 3 is 2.50 bits per heavy atom. The van der Waals surface area contributed by atoms with Gasteiger partial charge in [0, 0.05) is 12.7 Å². The third-order valence-corrected chi connectivity index (χ3v) is 4.69. The van der Waals surface area contributed by atoms with Gasteiger partial charge in [0.05, 0.1) is 17.8 Å². The molecule has 3 nitrogen and oxygen atoms in total. The second-order valence-corrected chi connectivity index (χ2v) is 6.21. The minimum atomic E-state index is -0.333. The van der Waals surface area contributed by atoms with Crippen LogP contribution in [0.25, 0.3) is 0 Å². The molecule has 2 saturated heterocycles. The Hall–Kier alpha value is -0.970. The van der Waals surface area contributed by atoms with Crippen LogP contribution in [0.5, 0.6) is 0 Å². The van der Waals surface area contributed by atoms with E-state index in [9.17, 15) is 4.39 Å². The van der Waals surface area contributed by atoms with E-state index in [0.717, 1.165) is 12.8 Å². The van der Waals surface area contributed by atoms with Gasteiger partial charge in [-0.3, -0.25) is 0 Å². The van der Waals surface area contributed by atoms with Gasteiger partial charge >= 0.3 is 0 Å². The van der Waals surface area contributed by atoms with Gasteiger partial charge in [0.1, 0.15) is 18.0 Å². The second-order valence-electron chi connectivity index (χ2n) is 6.21. The summed E-state index contributed by atoms with van der Waals surface area (Å²) in [6.45, 7) is 4.37. The van der Waals surface area contributed by atoms with E-state index < -0.39 is 0 Å². The van der Waals surface area contributed by atoms with E-state index in [1.165, 1.54) is 6.07 Å². The van der Waals surface area contributed by atoms with Crippen molar-refractivity contribution in [2.24, 2.45) is 0 Å². The summed E-state index contributed by atoms with van der Waals surface area (Å²) in [6, 6.07) is 6.69. The maximum absolute atomic E-state index is 13.7. The van der Waals surface area contributed by atoms with Crippen LogP contribution in [0.1, 0.15) is 32.3 Å². The van der Waals surface area contributed by atoms with Crippen molar-refractivity contribution in [1.29, 1.82) is 0 Å². The lowest BCUT2D eigenvalue weighted by Crippen LogP contribution is -2.49. The Morgan fingerprint density at radius 2 is 1.85 bits per heavy atom. The van der Waals surface area contributed by atoms with Gasteiger partial charge in [-0.15, -0.1) is 0 Å². The third kappa shape index (κ3) is 2.07. The van der Waals surface area contributed by atoms with Crippen molar-refractivity contribution in [2.45, 2.75) is 56.7 Å². The van der Waals surface area contributed by atoms with Crippen LogP contribution in [0, 0.1) is 5.82 Å². The molecule has 3 rings (SSSR count). The van der Waals surface area contributed by atoms with Crippen LogP contribution in [-0.2, 0) is 20.8 Å². The van der Waals surface area contributed by atoms with Crippen LogP contribution in [0.15, 0.2) is 24.3 Å². The fourth-order valence-corrected chi connectivity index (χ4v) is 3.60. The highest BCUT2D eigenvalue weighted by Gasteiger charge is 2.64. The number of halogens is 1. The Balaban J connectivity index is 1.75. The van der Waals surface area contributed by atoms with E-state index in [-0.39, 0.29) is 35.8 Å². The predicted octanol–water partition coefficient (Wildman–Crippen LogP) is 3.07. The van der Waals surface area contributed by atoms with E-state index in [1.54, 1.807) is 19.2 Å². The molecule has 0 aromatic heterocycles. The van der Waals surface area contributed by atoms with Crippen molar-refractivity contribution in [3.8, 4) is 0 Å². The van der Waals surface area contributed by atoms with Gasteiger partial charge < -0.3 is 14.2 Å². The summed E-state index contributed by atoms with van der Waals surface area (Å²) >= 11 is 0. The molecule has 1 aromatic rings. The first kappa shape index (κ1) is 14.0. The number of hydrogen-bond acceptors (Lipinski definition) is 3. The van der Waals surface area contributed by atoms with Crippen molar-refractivity contribution in [3.05, 3.63) is 35.6 Å². The summed E-state index contributed by atoms with van der Waals surface area (Å²) in [4.78, 5) is 0. The summed E-state index contributed by atoms with van der Waals surface area (Å²) in [5.74, 6) is -0.234. The summed E-state index contributed by atoms with van der Waals surface area (Å²) in [5, 5.41) is 0. The first-order valence-corrected chi connectivity index (χ1v) is 7.06. The Morgan fingerprint density at radius 1 is 1.20 bits per heavy atom. The van der Waals surface area contributed by atoms with Crippen LogP contribution in [0.2, 0.25) is 0 Å². The average molecular weight is 280 g/mol. The summed E-state index contributed by atoms with van der Waals surface area (Å²) in [7, 11) is 1.68. The van der Waals surface area contributed by atoms with E-state index in [2.05, 4.69) is 13.8 Å². The monoisotopic (exact) mass is 280 g/mol. The number of hydrogen-bond donors (Lipinski definition) is 0. The maximum atomic E-state index is 13.7. The smallest absolute Gasteiger partial charge is 0.128 e. The minimum absolute atomic E-state index is 0.104. The van der Waals surface area contributed by atoms with Gasteiger partial charge in [-0.05, 0) is 32.8 Å². The van der Waals surface area contributed by atoms with Gasteiger partial charge in [-0.1, -0.05) is 18.2 Å². The lowest BCUT2D eigenvalue weighted by molar-refractivity contribution is -0.0990. The molecule has 2 aliphatic heterocycles. The molecule has 1 unspecified atom stereocenters. The first-order chi connectivity index (χ1) is 9.48. The molecule has 20 heavy (non-hydrogen) atoms. The Bertz CT molecular complexity index is 506. The van der Waals surface area contributed by atoms with Crippen LogP contribution in [0.3, 0.4) is 0 Å². The zero-order chi connectivity index (χ0) is 14.4. The summed E-state index contributed by atoms with van der Waals surface area (Å²) in [5.41, 5.74) is -0.0525. The topological polar surface area (TPSA) is 27.7 Å². The highest BCUT2D eigenvalue weighted by Crippen LogP contribution is 2.52. The molecule has 0 aliphatic carbocycles. The normalized spacial score (nSPS) is 39.4. The number of benzene rings is 1. The van der Waals surface area contributed by atoms with Crippen LogP contribution < -0.4 is 0 Å². The number of ether oxygens (including phenoxy) is 3. The predicted molar refractivity (Wildman–Crippen MR) is 72.9 cm³/mol. The molecule has 0 spiro atoms. The maximum Gasteiger partial charge on any atom is 0.128 e. The Labute approximate surface area is 119 Å². The lowest BCUT2D eigenvalue weighted by Gasteiger charge is -2.35. The van der Waals surface area contributed by atoms with E-state index in [4.69, 9.17) is 14.2 Å². The molecule has 2 heterocycles. The highest BCUT2D eigenvalue weighted by molar-refractivity contribution is 5.17. The van der Waals surface area contributed by atoms with Crippen molar-refractivity contribution in [3.63, 3.8) is 0 Å². The number of rotatable bonds is 4. The zero-order valence-electron chi connectivity index (χ0n) is 12.2. The second kappa shape index (κ2) is 4.79. The Kier molecular flexibility index (Phi) is 3.35. The summed E-state index contributed by atoms with van der Waals surface area (Å²) < 4.78 is 31.4. The minimum Gasteiger partial charge on any atom is -0.376 e. The molecule has 4 heteroatoms. The van der Waals surface area contributed by atoms with E-state index in [0.29, 0.717) is 5.56 Å². The van der Waals surface area contributed by atoms with Gasteiger partial charge in [0.2, 0.25) is 0 Å². The van der Waals surface area contributed by atoms with Gasteiger partial charge in [-0.25, -0.2) is 4.39 Å². The van der Waals surface area contributed by atoms with E-state index in [1.807, 2.05) is 6.07 Å². The van der Waals surface area contributed by atoms with Gasteiger partial charge in [0.25, 0.3) is 0 Å². The molecule has 0 amide bonds. The molecule has 0 saturated carbocycles. The fraction of sp³-hybridized carbons (Fsp3) is 0.625. The third-order valence-electron chi connectivity index (χ3n) is 4.69. The fourth-order valence-electron chi connectivity index (χ4n) is 3.60. The molecular formula is C16H21FO3. The zero-order valence-corrected chi connectivity index (χ0v) is 12.2. The van der Waals surface area contributed by atoms with Crippen LogP contribution in [-0.4, -0.2) is 30.5 Å². The van der Waals surface area contributed by atoms with Crippen LogP contribution >= 0.6 is 0 Å². The molecule has 110 valence electrons.